The number of sulfone groups is 1. The van der Waals surface area contributed by atoms with Gasteiger partial charge in [0.15, 0.2) is 9.84 Å². The molecule has 0 bridgehead atoms. The van der Waals surface area contributed by atoms with Crippen molar-refractivity contribution in [3.63, 3.8) is 0 Å². The van der Waals surface area contributed by atoms with Crippen molar-refractivity contribution in [3.8, 4) is 0 Å². The lowest BCUT2D eigenvalue weighted by molar-refractivity contribution is 0.335. The van der Waals surface area contributed by atoms with E-state index in [4.69, 9.17) is 4.74 Å². The van der Waals surface area contributed by atoms with E-state index in [2.05, 4.69) is 0 Å². The predicted octanol–water partition coefficient (Wildman–Crippen LogP) is 2.17. The molecule has 0 aromatic heterocycles. The Morgan fingerprint density at radius 1 is 1.06 bits per heavy atom. The van der Waals surface area contributed by atoms with E-state index < -0.39 is 9.84 Å². The fraction of sp³-hybridized carbons (Fsp3) is 0.538. The normalized spacial score (nSPS) is 32.6. The van der Waals surface area contributed by atoms with Gasteiger partial charge >= 0.3 is 0 Å². The van der Waals surface area contributed by atoms with E-state index in [0.29, 0.717) is 4.90 Å². The Morgan fingerprint density at radius 2 is 1.76 bits per heavy atom. The molecule has 3 atom stereocenters. The van der Waals surface area contributed by atoms with Crippen molar-refractivity contribution in [2.75, 3.05) is 0 Å². The molecule has 1 aliphatic carbocycles. The molecule has 3 rings (SSSR count). The van der Waals surface area contributed by atoms with Crippen LogP contribution in [0.4, 0.5) is 0 Å². The molecular weight excluding hydrogens is 236 g/mol. The molecule has 1 saturated heterocycles. The number of hydrogen-bond donors (Lipinski definition) is 0. The Labute approximate surface area is 102 Å². The molecular formula is C13H16O3S. The molecule has 2 aliphatic rings. The van der Waals surface area contributed by atoms with Crippen LogP contribution in [0.1, 0.15) is 25.7 Å². The van der Waals surface area contributed by atoms with Gasteiger partial charge in [-0.3, -0.25) is 0 Å². The van der Waals surface area contributed by atoms with Crippen LogP contribution in [-0.4, -0.2) is 25.9 Å². The standard InChI is InChI=1S/C13H16O3S/c14-17(15,10-6-2-1-3-7-10)12-9-5-4-8-11-13(12)16-11/h1-3,6-7,11-13H,4-5,8-9H2. The minimum Gasteiger partial charge on any atom is -0.368 e. The smallest absolute Gasteiger partial charge is 0.183 e. The molecule has 4 heteroatoms. The van der Waals surface area contributed by atoms with E-state index in [-0.39, 0.29) is 17.5 Å². The molecule has 0 amide bonds. The van der Waals surface area contributed by atoms with E-state index >= 15 is 0 Å². The molecule has 1 aliphatic heterocycles. The summed E-state index contributed by atoms with van der Waals surface area (Å²) in [5.74, 6) is 0. The summed E-state index contributed by atoms with van der Waals surface area (Å²) in [6, 6.07) is 8.74. The molecule has 17 heavy (non-hydrogen) atoms. The van der Waals surface area contributed by atoms with Crippen molar-refractivity contribution in [3.05, 3.63) is 30.3 Å². The monoisotopic (exact) mass is 252 g/mol. The third-order valence-corrected chi connectivity index (χ3v) is 5.92. The zero-order valence-electron chi connectivity index (χ0n) is 9.58. The summed E-state index contributed by atoms with van der Waals surface area (Å²) in [4.78, 5) is 0.432. The Hall–Kier alpha value is -0.870. The number of ether oxygens (including phenoxy) is 1. The molecule has 0 radical (unpaired) electrons. The number of rotatable bonds is 2. The minimum atomic E-state index is -3.22. The van der Waals surface area contributed by atoms with E-state index in [9.17, 15) is 8.42 Å². The van der Waals surface area contributed by atoms with Gasteiger partial charge in [-0.15, -0.1) is 0 Å². The number of epoxide rings is 1. The topological polar surface area (TPSA) is 46.7 Å². The van der Waals surface area contributed by atoms with Gasteiger partial charge in [-0.1, -0.05) is 31.0 Å². The van der Waals surface area contributed by atoms with Gasteiger partial charge in [0.05, 0.1) is 16.2 Å². The van der Waals surface area contributed by atoms with Gasteiger partial charge in [-0.05, 0) is 25.0 Å². The maximum absolute atomic E-state index is 12.5. The lowest BCUT2D eigenvalue weighted by Gasteiger charge is -2.14. The summed E-state index contributed by atoms with van der Waals surface area (Å²) in [6.07, 6.45) is 3.97. The highest BCUT2D eigenvalue weighted by Gasteiger charge is 2.51. The van der Waals surface area contributed by atoms with Gasteiger partial charge in [-0.2, -0.15) is 0 Å². The van der Waals surface area contributed by atoms with Crippen molar-refractivity contribution >= 4 is 9.84 Å². The lowest BCUT2D eigenvalue weighted by Crippen LogP contribution is -2.27. The Balaban J connectivity index is 1.92. The molecule has 1 aromatic rings. The summed E-state index contributed by atoms with van der Waals surface area (Å²) in [7, 11) is -3.22. The van der Waals surface area contributed by atoms with E-state index in [0.717, 1.165) is 25.7 Å². The van der Waals surface area contributed by atoms with Crippen LogP contribution in [0.15, 0.2) is 35.2 Å². The predicted molar refractivity (Wildman–Crippen MR) is 64.5 cm³/mol. The van der Waals surface area contributed by atoms with E-state index in [1.54, 1.807) is 24.3 Å². The van der Waals surface area contributed by atoms with Gasteiger partial charge in [0.1, 0.15) is 6.10 Å². The third-order valence-electron chi connectivity index (χ3n) is 3.69. The average molecular weight is 252 g/mol. The van der Waals surface area contributed by atoms with Crippen molar-refractivity contribution in [1.82, 2.24) is 0 Å². The van der Waals surface area contributed by atoms with Crippen LogP contribution in [0.25, 0.3) is 0 Å². The summed E-state index contributed by atoms with van der Waals surface area (Å²) < 4.78 is 30.5. The van der Waals surface area contributed by atoms with Crippen molar-refractivity contribution < 1.29 is 13.2 Å². The molecule has 1 heterocycles. The van der Waals surface area contributed by atoms with Gasteiger partial charge in [-0.25, -0.2) is 8.42 Å². The fourth-order valence-corrected chi connectivity index (χ4v) is 4.64. The van der Waals surface area contributed by atoms with Crippen LogP contribution in [-0.2, 0) is 14.6 Å². The van der Waals surface area contributed by atoms with Crippen molar-refractivity contribution in [1.29, 1.82) is 0 Å². The highest BCUT2D eigenvalue weighted by Crippen LogP contribution is 2.40. The molecule has 92 valence electrons. The fourth-order valence-electron chi connectivity index (χ4n) is 2.69. The zero-order valence-corrected chi connectivity index (χ0v) is 10.4. The molecule has 0 spiro atoms. The summed E-state index contributed by atoms with van der Waals surface area (Å²) in [5, 5.41) is -0.336. The Morgan fingerprint density at radius 3 is 2.53 bits per heavy atom. The van der Waals surface area contributed by atoms with E-state index in [1.807, 2.05) is 6.07 Å². The van der Waals surface area contributed by atoms with Gasteiger partial charge < -0.3 is 4.74 Å². The molecule has 0 N–H and O–H groups in total. The number of benzene rings is 1. The van der Waals surface area contributed by atoms with E-state index in [1.165, 1.54) is 0 Å². The molecule has 3 unspecified atom stereocenters. The first-order chi connectivity index (χ1) is 8.19. The summed E-state index contributed by atoms with van der Waals surface area (Å²) in [6.45, 7) is 0. The lowest BCUT2D eigenvalue weighted by atomic mass is 10.2. The van der Waals surface area contributed by atoms with Crippen LogP contribution in [0.2, 0.25) is 0 Å². The first kappa shape index (κ1) is 11.2. The minimum absolute atomic E-state index is 0.0530. The summed E-state index contributed by atoms with van der Waals surface area (Å²) in [5.41, 5.74) is 0. The zero-order chi connectivity index (χ0) is 11.9. The second-order valence-corrected chi connectivity index (χ2v) is 6.99. The van der Waals surface area contributed by atoms with Crippen molar-refractivity contribution in [2.45, 2.75) is 48.0 Å². The Bertz CT molecular complexity index is 495. The molecule has 2 fully saturated rings. The molecule has 1 aromatic carbocycles. The molecule has 1 saturated carbocycles. The van der Waals surface area contributed by atoms with Crippen LogP contribution >= 0.6 is 0 Å². The molecule has 3 nitrogen and oxygen atoms in total. The second-order valence-electron chi connectivity index (χ2n) is 4.82. The number of fused-ring (bicyclic) bond motifs is 1. The van der Waals surface area contributed by atoms with Crippen LogP contribution in [0.3, 0.4) is 0 Å². The SMILES string of the molecule is O=S(=O)(c1ccccc1)C1CCCCC2OC21. The third kappa shape index (κ3) is 2.00. The quantitative estimate of drug-likeness (QED) is 0.758. The highest BCUT2D eigenvalue weighted by atomic mass is 32.2. The van der Waals surface area contributed by atoms with Gasteiger partial charge in [0.25, 0.3) is 0 Å². The van der Waals surface area contributed by atoms with Crippen LogP contribution in [0, 0.1) is 0 Å². The van der Waals surface area contributed by atoms with Crippen LogP contribution in [0.5, 0.6) is 0 Å². The maximum atomic E-state index is 12.5. The van der Waals surface area contributed by atoms with Crippen LogP contribution < -0.4 is 0 Å². The maximum Gasteiger partial charge on any atom is 0.183 e. The average Bonchev–Trinajstić information content (AvgIpc) is 3.08. The van der Waals surface area contributed by atoms with Gasteiger partial charge in [0.2, 0.25) is 0 Å². The first-order valence-electron chi connectivity index (χ1n) is 6.14. The first-order valence-corrected chi connectivity index (χ1v) is 7.68. The summed E-state index contributed by atoms with van der Waals surface area (Å²) >= 11 is 0. The van der Waals surface area contributed by atoms with Gasteiger partial charge in [0, 0.05) is 0 Å². The Kier molecular flexibility index (Phi) is 2.71. The van der Waals surface area contributed by atoms with Crippen molar-refractivity contribution in [2.24, 2.45) is 0 Å². The highest BCUT2D eigenvalue weighted by molar-refractivity contribution is 7.92. The largest absolute Gasteiger partial charge is 0.368 e. The number of hydrogen-bond acceptors (Lipinski definition) is 3. The second kappa shape index (κ2) is 4.10.